The van der Waals surface area contributed by atoms with E-state index in [-0.39, 0.29) is 18.4 Å². The van der Waals surface area contributed by atoms with E-state index in [0.29, 0.717) is 17.9 Å². The molecule has 2 aromatic carbocycles. The Balaban J connectivity index is 1.46. The SMILES string of the molecule is Cc1ccccc1OCC(=O)NCc1ccc(C(=O)N2CCCC2)cc1. The van der Waals surface area contributed by atoms with Gasteiger partial charge in [-0.1, -0.05) is 30.3 Å². The monoisotopic (exact) mass is 352 g/mol. The maximum atomic E-state index is 12.3. The Hall–Kier alpha value is -2.82. The Morgan fingerprint density at radius 3 is 2.42 bits per heavy atom. The normalized spacial score (nSPS) is 13.5. The molecule has 0 bridgehead atoms. The molecular formula is C21H24N2O3. The highest BCUT2D eigenvalue weighted by atomic mass is 16.5. The number of hydrogen-bond acceptors (Lipinski definition) is 3. The maximum absolute atomic E-state index is 12.3. The van der Waals surface area contributed by atoms with Gasteiger partial charge in [-0.2, -0.15) is 0 Å². The third-order valence-electron chi connectivity index (χ3n) is 4.54. The number of aryl methyl sites for hydroxylation is 1. The van der Waals surface area contributed by atoms with Gasteiger partial charge in [-0.05, 0) is 49.1 Å². The molecule has 5 heteroatoms. The van der Waals surface area contributed by atoms with Crippen LogP contribution in [0.2, 0.25) is 0 Å². The van der Waals surface area contributed by atoms with Gasteiger partial charge in [0.1, 0.15) is 5.75 Å². The Labute approximate surface area is 154 Å². The van der Waals surface area contributed by atoms with Gasteiger partial charge in [-0.15, -0.1) is 0 Å². The number of nitrogens with one attached hydrogen (secondary N) is 1. The van der Waals surface area contributed by atoms with Crippen molar-refractivity contribution in [3.05, 3.63) is 65.2 Å². The average Bonchev–Trinajstić information content (AvgIpc) is 3.20. The van der Waals surface area contributed by atoms with Crippen LogP contribution in [0.1, 0.15) is 34.3 Å². The van der Waals surface area contributed by atoms with E-state index in [1.807, 2.05) is 60.4 Å². The molecule has 2 amide bonds. The summed E-state index contributed by atoms with van der Waals surface area (Å²) in [6.45, 7) is 4.03. The van der Waals surface area contributed by atoms with Crippen molar-refractivity contribution in [1.82, 2.24) is 10.2 Å². The van der Waals surface area contributed by atoms with Gasteiger partial charge in [0.2, 0.25) is 0 Å². The lowest BCUT2D eigenvalue weighted by Gasteiger charge is -2.15. The second kappa shape index (κ2) is 8.52. The van der Waals surface area contributed by atoms with Crippen molar-refractivity contribution in [1.29, 1.82) is 0 Å². The van der Waals surface area contributed by atoms with Crippen molar-refractivity contribution in [2.75, 3.05) is 19.7 Å². The summed E-state index contributed by atoms with van der Waals surface area (Å²) in [6.07, 6.45) is 2.17. The van der Waals surface area contributed by atoms with Crippen LogP contribution in [0.3, 0.4) is 0 Å². The summed E-state index contributed by atoms with van der Waals surface area (Å²) in [4.78, 5) is 26.2. The van der Waals surface area contributed by atoms with Crippen LogP contribution >= 0.6 is 0 Å². The lowest BCUT2D eigenvalue weighted by Crippen LogP contribution is -2.29. The van der Waals surface area contributed by atoms with Crippen LogP contribution in [0, 0.1) is 6.92 Å². The average molecular weight is 352 g/mol. The first kappa shape index (κ1) is 18.0. The molecule has 0 aliphatic carbocycles. The Morgan fingerprint density at radius 2 is 1.73 bits per heavy atom. The summed E-state index contributed by atoms with van der Waals surface area (Å²) in [5.41, 5.74) is 2.65. The molecule has 0 atom stereocenters. The van der Waals surface area contributed by atoms with Gasteiger partial charge in [0.05, 0.1) is 0 Å². The molecule has 1 saturated heterocycles. The Kier molecular flexibility index (Phi) is 5.89. The number of para-hydroxylation sites is 1. The molecule has 26 heavy (non-hydrogen) atoms. The van der Waals surface area contributed by atoms with Gasteiger partial charge >= 0.3 is 0 Å². The predicted octanol–water partition coefficient (Wildman–Crippen LogP) is 2.93. The molecule has 0 aromatic heterocycles. The van der Waals surface area contributed by atoms with Gasteiger partial charge in [-0.25, -0.2) is 0 Å². The van der Waals surface area contributed by atoms with Crippen LogP contribution < -0.4 is 10.1 Å². The van der Waals surface area contributed by atoms with E-state index in [1.54, 1.807) is 0 Å². The third-order valence-corrected chi connectivity index (χ3v) is 4.54. The number of nitrogens with zero attached hydrogens (tertiary/aromatic N) is 1. The minimum atomic E-state index is -0.175. The van der Waals surface area contributed by atoms with Crippen molar-refractivity contribution in [3.63, 3.8) is 0 Å². The smallest absolute Gasteiger partial charge is 0.258 e. The Bertz CT molecular complexity index is 765. The highest BCUT2D eigenvalue weighted by Crippen LogP contribution is 2.16. The minimum Gasteiger partial charge on any atom is -0.484 e. The summed E-state index contributed by atoms with van der Waals surface area (Å²) < 4.78 is 5.53. The van der Waals surface area contributed by atoms with Crippen molar-refractivity contribution in [3.8, 4) is 5.75 Å². The summed E-state index contributed by atoms with van der Waals surface area (Å²) in [5.74, 6) is 0.627. The largest absolute Gasteiger partial charge is 0.484 e. The highest BCUT2D eigenvalue weighted by Gasteiger charge is 2.19. The molecule has 0 radical (unpaired) electrons. The van der Waals surface area contributed by atoms with Crippen LogP contribution in [-0.4, -0.2) is 36.4 Å². The standard InChI is InChI=1S/C21H24N2O3/c1-16-6-2-3-7-19(16)26-15-20(24)22-14-17-8-10-18(11-9-17)21(25)23-12-4-5-13-23/h2-3,6-11H,4-5,12-15H2,1H3,(H,22,24). The zero-order chi connectivity index (χ0) is 18.4. The molecule has 0 saturated carbocycles. The zero-order valence-corrected chi connectivity index (χ0v) is 15.0. The molecule has 1 N–H and O–H groups in total. The van der Waals surface area contributed by atoms with E-state index >= 15 is 0 Å². The third kappa shape index (κ3) is 4.63. The molecule has 136 valence electrons. The van der Waals surface area contributed by atoms with Gasteiger partial charge in [0, 0.05) is 25.2 Å². The molecule has 2 aromatic rings. The lowest BCUT2D eigenvalue weighted by molar-refractivity contribution is -0.123. The fourth-order valence-corrected chi connectivity index (χ4v) is 2.98. The van der Waals surface area contributed by atoms with Crippen LogP contribution in [-0.2, 0) is 11.3 Å². The quantitative estimate of drug-likeness (QED) is 0.870. The van der Waals surface area contributed by atoms with Crippen LogP contribution in [0.5, 0.6) is 5.75 Å². The van der Waals surface area contributed by atoms with Gasteiger partial charge in [-0.3, -0.25) is 9.59 Å². The highest BCUT2D eigenvalue weighted by molar-refractivity contribution is 5.94. The number of likely N-dealkylation sites (tertiary alicyclic amines) is 1. The van der Waals surface area contributed by atoms with Crippen molar-refractivity contribution in [2.45, 2.75) is 26.3 Å². The molecule has 1 aliphatic rings. The summed E-state index contributed by atoms with van der Waals surface area (Å²) in [5, 5.41) is 2.83. The van der Waals surface area contributed by atoms with Crippen LogP contribution in [0.15, 0.2) is 48.5 Å². The molecular weight excluding hydrogens is 328 g/mol. The number of benzene rings is 2. The van der Waals surface area contributed by atoms with E-state index < -0.39 is 0 Å². The number of amides is 2. The second-order valence-electron chi connectivity index (χ2n) is 6.53. The first-order valence-electron chi connectivity index (χ1n) is 8.97. The maximum Gasteiger partial charge on any atom is 0.258 e. The number of carbonyl (C=O) groups is 2. The first-order chi connectivity index (χ1) is 12.6. The number of hydrogen-bond donors (Lipinski definition) is 1. The van der Waals surface area contributed by atoms with Gasteiger partial charge in [0.15, 0.2) is 6.61 Å². The molecule has 1 aliphatic heterocycles. The van der Waals surface area contributed by atoms with Crippen LogP contribution in [0.25, 0.3) is 0 Å². The fraction of sp³-hybridized carbons (Fsp3) is 0.333. The van der Waals surface area contributed by atoms with E-state index in [4.69, 9.17) is 4.74 Å². The number of carbonyl (C=O) groups excluding carboxylic acids is 2. The van der Waals surface area contributed by atoms with E-state index in [9.17, 15) is 9.59 Å². The number of rotatable bonds is 6. The molecule has 1 heterocycles. The van der Waals surface area contributed by atoms with E-state index in [0.717, 1.165) is 37.1 Å². The molecule has 5 nitrogen and oxygen atoms in total. The number of ether oxygens (including phenoxy) is 1. The summed E-state index contributed by atoms with van der Waals surface area (Å²) in [7, 11) is 0. The van der Waals surface area contributed by atoms with Gasteiger partial charge < -0.3 is 15.0 Å². The minimum absolute atomic E-state index is 0.0175. The molecule has 3 rings (SSSR count). The van der Waals surface area contributed by atoms with E-state index in [1.165, 1.54) is 0 Å². The first-order valence-corrected chi connectivity index (χ1v) is 8.97. The van der Waals surface area contributed by atoms with Crippen molar-refractivity contribution < 1.29 is 14.3 Å². The second-order valence-corrected chi connectivity index (χ2v) is 6.53. The summed E-state index contributed by atoms with van der Waals surface area (Å²) in [6, 6.07) is 15.0. The van der Waals surface area contributed by atoms with Crippen molar-refractivity contribution >= 4 is 11.8 Å². The molecule has 0 spiro atoms. The topological polar surface area (TPSA) is 58.6 Å². The van der Waals surface area contributed by atoms with Gasteiger partial charge in [0.25, 0.3) is 11.8 Å². The summed E-state index contributed by atoms with van der Waals surface area (Å²) >= 11 is 0. The fourth-order valence-electron chi connectivity index (χ4n) is 2.98. The van der Waals surface area contributed by atoms with Crippen molar-refractivity contribution in [2.24, 2.45) is 0 Å². The zero-order valence-electron chi connectivity index (χ0n) is 15.0. The molecule has 1 fully saturated rings. The predicted molar refractivity (Wildman–Crippen MR) is 100 cm³/mol. The van der Waals surface area contributed by atoms with Crippen LogP contribution in [0.4, 0.5) is 0 Å². The molecule has 0 unspecified atom stereocenters. The lowest BCUT2D eigenvalue weighted by atomic mass is 10.1. The Morgan fingerprint density at radius 1 is 1.04 bits per heavy atom. The van der Waals surface area contributed by atoms with E-state index in [2.05, 4.69) is 5.32 Å².